The van der Waals surface area contributed by atoms with Crippen molar-refractivity contribution < 1.29 is 4.74 Å². The van der Waals surface area contributed by atoms with Crippen LogP contribution in [0.5, 0.6) is 0 Å². The summed E-state index contributed by atoms with van der Waals surface area (Å²) in [7, 11) is 0. The van der Waals surface area contributed by atoms with Crippen molar-refractivity contribution in [3.8, 4) is 0 Å². The lowest BCUT2D eigenvalue weighted by Gasteiger charge is -2.15. The van der Waals surface area contributed by atoms with Crippen LogP contribution >= 0.6 is 12.2 Å². The smallest absolute Gasteiger partial charge is 0.166 e. The molecule has 1 aliphatic rings. The summed E-state index contributed by atoms with van der Waals surface area (Å²) in [5.41, 5.74) is 2.89. The van der Waals surface area contributed by atoms with Gasteiger partial charge in [0, 0.05) is 25.8 Å². The SMILES string of the molecule is CCOCCCNC(=S)NC1Cc2ccccc2C1. The van der Waals surface area contributed by atoms with Gasteiger partial charge in [-0.3, -0.25) is 0 Å². The first-order valence-corrected chi connectivity index (χ1v) is 7.39. The predicted octanol–water partition coefficient (Wildman–Crippen LogP) is 2.04. The van der Waals surface area contributed by atoms with E-state index in [1.165, 1.54) is 11.1 Å². The molecule has 0 amide bonds. The van der Waals surface area contributed by atoms with E-state index in [2.05, 4.69) is 34.9 Å². The van der Waals surface area contributed by atoms with Gasteiger partial charge in [0.1, 0.15) is 0 Å². The van der Waals surface area contributed by atoms with Crippen LogP contribution in [0.25, 0.3) is 0 Å². The molecule has 0 atom stereocenters. The largest absolute Gasteiger partial charge is 0.382 e. The zero-order valence-electron chi connectivity index (χ0n) is 11.4. The first-order valence-electron chi connectivity index (χ1n) is 6.98. The second-order valence-electron chi connectivity index (χ2n) is 4.82. The van der Waals surface area contributed by atoms with E-state index < -0.39 is 0 Å². The molecule has 0 radical (unpaired) electrons. The van der Waals surface area contributed by atoms with Crippen LogP contribution in [-0.4, -0.2) is 30.9 Å². The van der Waals surface area contributed by atoms with Crippen molar-refractivity contribution in [1.29, 1.82) is 0 Å². The fraction of sp³-hybridized carbons (Fsp3) is 0.533. The highest BCUT2D eigenvalue weighted by Gasteiger charge is 2.20. The Balaban J connectivity index is 1.65. The van der Waals surface area contributed by atoms with Crippen LogP contribution in [0.4, 0.5) is 0 Å². The Morgan fingerprint density at radius 1 is 1.32 bits per heavy atom. The topological polar surface area (TPSA) is 33.3 Å². The minimum atomic E-state index is 0.435. The van der Waals surface area contributed by atoms with Gasteiger partial charge in [0.2, 0.25) is 0 Å². The van der Waals surface area contributed by atoms with Crippen LogP contribution in [0.1, 0.15) is 24.5 Å². The Hall–Kier alpha value is -1.13. The van der Waals surface area contributed by atoms with E-state index in [0.29, 0.717) is 6.04 Å². The van der Waals surface area contributed by atoms with E-state index in [9.17, 15) is 0 Å². The Bertz CT molecular complexity index is 397. The number of thiocarbonyl (C=S) groups is 1. The van der Waals surface area contributed by atoms with Gasteiger partial charge in [-0.25, -0.2) is 0 Å². The van der Waals surface area contributed by atoms with Crippen molar-refractivity contribution in [3.63, 3.8) is 0 Å². The number of rotatable bonds is 6. The molecule has 0 fully saturated rings. The highest BCUT2D eigenvalue weighted by Crippen LogP contribution is 2.21. The van der Waals surface area contributed by atoms with E-state index in [1.807, 2.05) is 6.92 Å². The Morgan fingerprint density at radius 3 is 2.63 bits per heavy atom. The van der Waals surface area contributed by atoms with Gasteiger partial charge in [-0.15, -0.1) is 0 Å². The van der Waals surface area contributed by atoms with Crippen LogP contribution in [0.15, 0.2) is 24.3 Å². The molecule has 0 saturated heterocycles. The van der Waals surface area contributed by atoms with Crippen molar-refractivity contribution in [2.24, 2.45) is 0 Å². The van der Waals surface area contributed by atoms with Gasteiger partial charge in [0.25, 0.3) is 0 Å². The molecule has 0 unspecified atom stereocenters. The van der Waals surface area contributed by atoms with Gasteiger partial charge in [-0.2, -0.15) is 0 Å². The monoisotopic (exact) mass is 278 g/mol. The Kier molecular flexibility index (Phi) is 5.61. The van der Waals surface area contributed by atoms with Gasteiger partial charge in [0.15, 0.2) is 5.11 Å². The summed E-state index contributed by atoms with van der Waals surface area (Å²) in [4.78, 5) is 0. The standard InChI is InChI=1S/C15H22N2OS/c1-2-18-9-5-8-16-15(19)17-14-10-12-6-3-4-7-13(12)11-14/h3-4,6-7,14H,2,5,8-11H2,1H3,(H2,16,17,19). The zero-order valence-corrected chi connectivity index (χ0v) is 12.3. The van der Waals surface area contributed by atoms with Crippen molar-refractivity contribution >= 4 is 17.3 Å². The third kappa shape index (κ3) is 4.48. The number of benzene rings is 1. The van der Waals surface area contributed by atoms with E-state index in [4.69, 9.17) is 17.0 Å². The third-order valence-corrected chi connectivity index (χ3v) is 3.60. The van der Waals surface area contributed by atoms with Crippen molar-refractivity contribution in [1.82, 2.24) is 10.6 Å². The first-order chi connectivity index (χ1) is 9.29. The minimum Gasteiger partial charge on any atom is -0.382 e. The quantitative estimate of drug-likeness (QED) is 0.616. The zero-order chi connectivity index (χ0) is 13.5. The van der Waals surface area contributed by atoms with E-state index in [0.717, 1.165) is 44.1 Å². The molecule has 0 spiro atoms. The molecule has 4 heteroatoms. The highest BCUT2D eigenvalue weighted by molar-refractivity contribution is 7.80. The predicted molar refractivity (Wildman–Crippen MR) is 82.5 cm³/mol. The lowest BCUT2D eigenvalue weighted by Crippen LogP contribution is -2.42. The Morgan fingerprint density at radius 2 is 2.00 bits per heavy atom. The number of nitrogens with one attached hydrogen (secondary N) is 2. The molecule has 0 saturated carbocycles. The normalized spacial score (nSPS) is 14.2. The lowest BCUT2D eigenvalue weighted by atomic mass is 10.1. The molecule has 3 nitrogen and oxygen atoms in total. The molecule has 0 heterocycles. The van der Waals surface area contributed by atoms with Crippen molar-refractivity contribution in [2.75, 3.05) is 19.8 Å². The second kappa shape index (κ2) is 7.46. The van der Waals surface area contributed by atoms with Gasteiger partial charge >= 0.3 is 0 Å². The molecule has 0 bridgehead atoms. The molecule has 2 N–H and O–H groups in total. The maximum Gasteiger partial charge on any atom is 0.166 e. The maximum absolute atomic E-state index is 5.32. The minimum absolute atomic E-state index is 0.435. The molecular formula is C15H22N2OS. The van der Waals surface area contributed by atoms with Crippen LogP contribution in [0.2, 0.25) is 0 Å². The summed E-state index contributed by atoms with van der Waals surface area (Å²) in [5.74, 6) is 0. The van der Waals surface area contributed by atoms with Crippen LogP contribution < -0.4 is 10.6 Å². The average molecular weight is 278 g/mol. The van der Waals surface area contributed by atoms with Crippen LogP contribution in [0.3, 0.4) is 0 Å². The summed E-state index contributed by atoms with van der Waals surface area (Å²) in [6, 6.07) is 9.05. The van der Waals surface area contributed by atoms with Gasteiger partial charge < -0.3 is 15.4 Å². The van der Waals surface area contributed by atoms with Gasteiger partial charge in [0.05, 0.1) is 0 Å². The van der Waals surface area contributed by atoms with Gasteiger partial charge in [-0.05, 0) is 49.5 Å². The molecule has 104 valence electrons. The summed E-state index contributed by atoms with van der Waals surface area (Å²) in [6.07, 6.45) is 3.12. The molecule has 1 aromatic rings. The summed E-state index contributed by atoms with van der Waals surface area (Å²) >= 11 is 5.32. The van der Waals surface area contributed by atoms with E-state index in [-0.39, 0.29) is 0 Å². The summed E-state index contributed by atoms with van der Waals surface area (Å²) < 4.78 is 5.29. The molecule has 0 aliphatic heterocycles. The molecule has 19 heavy (non-hydrogen) atoms. The van der Waals surface area contributed by atoms with Crippen LogP contribution in [0, 0.1) is 0 Å². The number of ether oxygens (including phenoxy) is 1. The summed E-state index contributed by atoms with van der Waals surface area (Å²) in [5, 5.41) is 7.39. The van der Waals surface area contributed by atoms with Gasteiger partial charge in [-0.1, -0.05) is 24.3 Å². The van der Waals surface area contributed by atoms with Crippen LogP contribution in [-0.2, 0) is 17.6 Å². The molecular weight excluding hydrogens is 256 g/mol. The van der Waals surface area contributed by atoms with Crippen molar-refractivity contribution in [3.05, 3.63) is 35.4 Å². The fourth-order valence-electron chi connectivity index (χ4n) is 2.42. The molecule has 1 aliphatic carbocycles. The maximum atomic E-state index is 5.32. The van der Waals surface area contributed by atoms with E-state index in [1.54, 1.807) is 0 Å². The third-order valence-electron chi connectivity index (χ3n) is 3.34. The first kappa shape index (κ1) is 14.3. The number of hydrogen-bond donors (Lipinski definition) is 2. The lowest BCUT2D eigenvalue weighted by molar-refractivity contribution is 0.145. The van der Waals surface area contributed by atoms with E-state index >= 15 is 0 Å². The fourth-order valence-corrected chi connectivity index (χ4v) is 2.69. The highest BCUT2D eigenvalue weighted by atomic mass is 32.1. The number of fused-ring (bicyclic) bond motifs is 1. The molecule has 2 rings (SSSR count). The average Bonchev–Trinajstić information content (AvgIpc) is 2.80. The van der Waals surface area contributed by atoms with Crippen molar-refractivity contribution in [2.45, 2.75) is 32.2 Å². The second-order valence-corrected chi connectivity index (χ2v) is 5.23. The number of hydrogen-bond acceptors (Lipinski definition) is 2. The molecule has 1 aromatic carbocycles. The molecule has 0 aromatic heterocycles. The Labute approximate surface area is 120 Å². The summed E-state index contributed by atoms with van der Waals surface area (Å²) in [6.45, 7) is 4.45.